The molecule has 0 unspecified atom stereocenters. The van der Waals surface area contributed by atoms with Crippen molar-refractivity contribution in [2.75, 3.05) is 12.4 Å². The van der Waals surface area contributed by atoms with Crippen molar-refractivity contribution < 1.29 is 9.53 Å². The van der Waals surface area contributed by atoms with Crippen LogP contribution < -0.4 is 5.32 Å². The molecule has 1 amide bonds. The van der Waals surface area contributed by atoms with E-state index in [1.165, 1.54) is 18.7 Å². The molecule has 1 N–H and O–H groups in total. The molecule has 0 saturated heterocycles. The molecule has 2 heterocycles. The Morgan fingerprint density at radius 2 is 2.13 bits per heavy atom. The summed E-state index contributed by atoms with van der Waals surface area (Å²) in [6.45, 7) is 2.99. The summed E-state index contributed by atoms with van der Waals surface area (Å²) in [5.74, 6) is 1.06. The highest BCUT2D eigenvalue weighted by atomic mass is 16.5. The number of anilines is 1. The first-order valence-corrected chi connectivity index (χ1v) is 8.21. The van der Waals surface area contributed by atoms with Gasteiger partial charge >= 0.3 is 0 Å². The number of carbonyl (C=O) groups is 1. The van der Waals surface area contributed by atoms with Gasteiger partial charge in [-0.1, -0.05) is 19.1 Å². The molecule has 5 heteroatoms. The van der Waals surface area contributed by atoms with Crippen LogP contribution in [0.2, 0.25) is 0 Å². The number of amides is 1. The molecule has 1 aromatic heterocycles. The monoisotopic (exact) mass is 313 g/mol. The van der Waals surface area contributed by atoms with E-state index in [9.17, 15) is 4.79 Å². The van der Waals surface area contributed by atoms with Gasteiger partial charge in [-0.25, -0.2) is 4.98 Å². The average molecular weight is 313 g/mol. The van der Waals surface area contributed by atoms with Crippen LogP contribution in [0.1, 0.15) is 32.0 Å². The predicted molar refractivity (Wildman–Crippen MR) is 90.3 cm³/mol. The minimum absolute atomic E-state index is 0.111. The van der Waals surface area contributed by atoms with Crippen molar-refractivity contribution in [1.82, 2.24) is 9.55 Å². The second-order valence-electron chi connectivity index (χ2n) is 5.89. The van der Waals surface area contributed by atoms with Gasteiger partial charge in [-0.3, -0.25) is 4.79 Å². The number of carbonyl (C=O) groups excluding carboxylic acids is 1. The van der Waals surface area contributed by atoms with E-state index in [1.807, 2.05) is 31.2 Å². The van der Waals surface area contributed by atoms with Crippen LogP contribution in [0.4, 0.5) is 5.69 Å². The molecule has 122 valence electrons. The topological polar surface area (TPSA) is 56.1 Å². The Bertz CT molecular complexity index is 649. The van der Waals surface area contributed by atoms with Crippen LogP contribution in [0.3, 0.4) is 0 Å². The fraction of sp³-hybridized carbons (Fsp3) is 0.444. The fourth-order valence-electron chi connectivity index (χ4n) is 2.96. The summed E-state index contributed by atoms with van der Waals surface area (Å²) in [6, 6.07) is 7.82. The van der Waals surface area contributed by atoms with E-state index in [1.54, 1.807) is 7.11 Å². The highest BCUT2D eigenvalue weighted by Gasteiger charge is 2.16. The maximum atomic E-state index is 12.0. The third-order valence-corrected chi connectivity index (χ3v) is 4.30. The van der Waals surface area contributed by atoms with Crippen LogP contribution in [0, 0.1) is 0 Å². The van der Waals surface area contributed by atoms with Crippen molar-refractivity contribution in [2.45, 2.75) is 45.3 Å². The summed E-state index contributed by atoms with van der Waals surface area (Å²) < 4.78 is 7.40. The van der Waals surface area contributed by atoms with Crippen molar-refractivity contribution in [2.24, 2.45) is 0 Å². The molecule has 1 aliphatic rings. The molecule has 0 saturated carbocycles. The zero-order valence-corrected chi connectivity index (χ0v) is 13.7. The van der Waals surface area contributed by atoms with E-state index in [-0.39, 0.29) is 5.91 Å². The predicted octanol–water partition coefficient (Wildman–Crippen LogP) is 3.25. The molecule has 0 bridgehead atoms. The normalized spacial score (nSPS) is 15.0. The van der Waals surface area contributed by atoms with Gasteiger partial charge in [0.25, 0.3) is 5.91 Å². The molecule has 0 aliphatic carbocycles. The molecule has 23 heavy (non-hydrogen) atoms. The maximum Gasteiger partial charge on any atom is 0.253 e. The second kappa shape index (κ2) is 6.96. The van der Waals surface area contributed by atoms with Gasteiger partial charge in [0, 0.05) is 37.5 Å². The van der Waals surface area contributed by atoms with Crippen molar-refractivity contribution in [1.29, 1.82) is 0 Å². The SMILES string of the molecule is CC[C@@H](OC)C(=O)Nc1ccc(-c2cn3c(n2)CCCC3)cc1. The average Bonchev–Trinajstić information content (AvgIpc) is 3.00. The first kappa shape index (κ1) is 15.7. The molecule has 1 aromatic carbocycles. The lowest BCUT2D eigenvalue weighted by atomic mass is 10.1. The lowest BCUT2D eigenvalue weighted by Crippen LogP contribution is -2.28. The Morgan fingerprint density at radius 1 is 1.35 bits per heavy atom. The molecule has 5 nitrogen and oxygen atoms in total. The van der Waals surface area contributed by atoms with E-state index in [4.69, 9.17) is 9.72 Å². The van der Waals surface area contributed by atoms with Gasteiger partial charge in [0.2, 0.25) is 0 Å². The van der Waals surface area contributed by atoms with E-state index in [2.05, 4.69) is 16.1 Å². The van der Waals surface area contributed by atoms with Crippen molar-refractivity contribution in [3.8, 4) is 11.3 Å². The Kier molecular flexibility index (Phi) is 4.76. The lowest BCUT2D eigenvalue weighted by molar-refractivity contribution is -0.125. The summed E-state index contributed by atoms with van der Waals surface area (Å²) in [5, 5.41) is 2.88. The molecule has 0 radical (unpaired) electrons. The first-order valence-electron chi connectivity index (χ1n) is 8.21. The first-order chi connectivity index (χ1) is 11.2. The van der Waals surface area contributed by atoms with Gasteiger partial charge < -0.3 is 14.6 Å². The van der Waals surface area contributed by atoms with Gasteiger partial charge in [0.05, 0.1) is 5.69 Å². The van der Waals surface area contributed by atoms with Gasteiger partial charge in [0.1, 0.15) is 11.9 Å². The molecule has 1 aliphatic heterocycles. The van der Waals surface area contributed by atoms with Crippen molar-refractivity contribution in [3.63, 3.8) is 0 Å². The van der Waals surface area contributed by atoms with Crippen LogP contribution in [0.25, 0.3) is 11.3 Å². The van der Waals surface area contributed by atoms with Crippen molar-refractivity contribution >= 4 is 11.6 Å². The third-order valence-electron chi connectivity index (χ3n) is 4.30. The number of benzene rings is 1. The number of imidazole rings is 1. The summed E-state index contributed by atoms with van der Waals surface area (Å²) in [5.41, 5.74) is 2.85. The number of ether oxygens (including phenoxy) is 1. The zero-order chi connectivity index (χ0) is 16.2. The number of fused-ring (bicyclic) bond motifs is 1. The van der Waals surface area contributed by atoms with Gasteiger partial charge in [0.15, 0.2) is 0 Å². The number of nitrogens with zero attached hydrogens (tertiary/aromatic N) is 2. The largest absolute Gasteiger partial charge is 0.372 e. The summed E-state index contributed by atoms with van der Waals surface area (Å²) in [7, 11) is 1.55. The van der Waals surface area contributed by atoms with E-state index < -0.39 is 6.10 Å². The highest BCUT2D eigenvalue weighted by Crippen LogP contribution is 2.24. The van der Waals surface area contributed by atoms with Gasteiger partial charge in [-0.15, -0.1) is 0 Å². The van der Waals surface area contributed by atoms with Crippen LogP contribution in [0.5, 0.6) is 0 Å². The number of aromatic nitrogens is 2. The lowest BCUT2D eigenvalue weighted by Gasteiger charge is -2.13. The van der Waals surface area contributed by atoms with E-state index in [0.29, 0.717) is 6.42 Å². The fourth-order valence-corrected chi connectivity index (χ4v) is 2.96. The molecular weight excluding hydrogens is 290 g/mol. The third kappa shape index (κ3) is 3.45. The Labute approximate surface area is 136 Å². The number of hydrogen-bond donors (Lipinski definition) is 1. The minimum atomic E-state index is -0.408. The number of rotatable bonds is 5. The summed E-state index contributed by atoms with van der Waals surface area (Å²) in [6.07, 6.45) is 5.88. The summed E-state index contributed by atoms with van der Waals surface area (Å²) in [4.78, 5) is 16.7. The van der Waals surface area contributed by atoms with Crippen LogP contribution >= 0.6 is 0 Å². The van der Waals surface area contributed by atoms with Crippen LogP contribution in [0.15, 0.2) is 30.5 Å². The van der Waals surface area contributed by atoms with Gasteiger partial charge in [-0.05, 0) is 31.4 Å². The zero-order valence-electron chi connectivity index (χ0n) is 13.7. The van der Waals surface area contributed by atoms with Crippen molar-refractivity contribution in [3.05, 3.63) is 36.3 Å². The van der Waals surface area contributed by atoms with E-state index in [0.717, 1.165) is 29.9 Å². The molecule has 0 spiro atoms. The number of methoxy groups -OCH3 is 1. The maximum absolute atomic E-state index is 12.0. The Morgan fingerprint density at radius 3 is 2.78 bits per heavy atom. The molecule has 1 atom stereocenters. The second-order valence-corrected chi connectivity index (χ2v) is 5.89. The number of nitrogens with one attached hydrogen (secondary N) is 1. The minimum Gasteiger partial charge on any atom is -0.372 e. The Balaban J connectivity index is 1.72. The van der Waals surface area contributed by atoms with Crippen LogP contribution in [-0.2, 0) is 22.5 Å². The molecule has 2 aromatic rings. The highest BCUT2D eigenvalue weighted by molar-refractivity contribution is 5.94. The molecule has 0 fully saturated rings. The van der Waals surface area contributed by atoms with E-state index >= 15 is 0 Å². The molecular formula is C18H23N3O2. The van der Waals surface area contributed by atoms with Gasteiger partial charge in [-0.2, -0.15) is 0 Å². The Hall–Kier alpha value is -2.14. The smallest absolute Gasteiger partial charge is 0.253 e. The number of aryl methyl sites for hydroxylation is 2. The van der Waals surface area contributed by atoms with Crippen LogP contribution in [-0.4, -0.2) is 28.7 Å². The standard InChI is InChI=1S/C18H23N3O2/c1-3-16(23-2)18(22)19-14-9-7-13(8-10-14)15-12-21-11-5-4-6-17(21)20-15/h7-10,12,16H,3-6,11H2,1-2H3,(H,19,22)/t16-/m1/s1. The molecule has 3 rings (SSSR count). The summed E-state index contributed by atoms with van der Waals surface area (Å²) >= 11 is 0. The quantitative estimate of drug-likeness (QED) is 0.922. The number of hydrogen-bond acceptors (Lipinski definition) is 3.